The summed E-state index contributed by atoms with van der Waals surface area (Å²) in [5.74, 6) is 5.39. The first-order valence-corrected chi connectivity index (χ1v) is 7.40. The van der Waals surface area contributed by atoms with Crippen LogP contribution in [0.15, 0.2) is 17.1 Å². The monoisotopic (exact) mass is 333 g/mol. The average Bonchev–Trinajstić information content (AvgIpc) is 3.00. The number of nitrogens with zero attached hydrogens (tertiary/aromatic N) is 2. The van der Waals surface area contributed by atoms with Crippen LogP contribution in [0.4, 0.5) is 5.95 Å². The summed E-state index contributed by atoms with van der Waals surface area (Å²) in [7, 11) is 0. The summed E-state index contributed by atoms with van der Waals surface area (Å²) >= 11 is 0. The third-order valence-corrected chi connectivity index (χ3v) is 4.16. The Morgan fingerprint density at radius 2 is 2.29 bits per heavy atom. The van der Waals surface area contributed by atoms with Crippen LogP contribution in [0.5, 0.6) is 0 Å². The summed E-state index contributed by atoms with van der Waals surface area (Å²) in [4.78, 5) is 18.5. The predicted octanol–water partition coefficient (Wildman–Crippen LogP) is -1.33. The highest BCUT2D eigenvalue weighted by molar-refractivity contribution is 5.76. The summed E-state index contributed by atoms with van der Waals surface area (Å²) in [5.41, 5.74) is 10.3. The summed E-state index contributed by atoms with van der Waals surface area (Å²) in [5, 5.41) is 20.7. The fraction of sp³-hybridized carbons (Fsp3) is 0.467. The van der Waals surface area contributed by atoms with Crippen LogP contribution < -0.4 is 17.0 Å². The van der Waals surface area contributed by atoms with Gasteiger partial charge in [0.1, 0.15) is 12.2 Å². The van der Waals surface area contributed by atoms with Gasteiger partial charge < -0.3 is 31.0 Å². The molecule has 9 nitrogen and oxygen atoms in total. The molecule has 5 atom stereocenters. The number of hydrogen-bond acceptors (Lipinski definition) is 7. The van der Waals surface area contributed by atoms with Gasteiger partial charge in [-0.2, -0.15) is 4.98 Å². The van der Waals surface area contributed by atoms with Gasteiger partial charge >= 0.3 is 0 Å². The van der Waals surface area contributed by atoms with E-state index in [1.54, 1.807) is 19.2 Å². The number of fused-ring (bicyclic) bond motifs is 1. The van der Waals surface area contributed by atoms with E-state index in [1.807, 2.05) is 0 Å². The van der Waals surface area contributed by atoms with Gasteiger partial charge in [-0.25, -0.2) is 0 Å². The van der Waals surface area contributed by atoms with Crippen molar-refractivity contribution in [3.05, 3.63) is 22.6 Å². The molecule has 1 aliphatic heterocycles. The number of aliphatic hydroxyl groups is 2. The fourth-order valence-electron chi connectivity index (χ4n) is 3.03. The Labute approximate surface area is 137 Å². The third kappa shape index (κ3) is 2.28. The van der Waals surface area contributed by atoms with Crippen LogP contribution in [0.25, 0.3) is 11.0 Å². The second-order valence-corrected chi connectivity index (χ2v) is 5.86. The van der Waals surface area contributed by atoms with Crippen molar-refractivity contribution in [2.75, 3.05) is 5.73 Å². The molecule has 1 aliphatic rings. The molecule has 1 unspecified atom stereocenters. The van der Waals surface area contributed by atoms with Crippen LogP contribution in [0, 0.1) is 11.8 Å². The van der Waals surface area contributed by atoms with E-state index >= 15 is 0 Å². The zero-order valence-corrected chi connectivity index (χ0v) is 13.2. The number of aromatic nitrogens is 3. The van der Waals surface area contributed by atoms with E-state index in [0.29, 0.717) is 5.39 Å². The molecule has 0 radical (unpaired) electrons. The lowest BCUT2D eigenvalue weighted by Crippen LogP contribution is -2.54. The lowest BCUT2D eigenvalue weighted by atomic mass is 9.90. The zero-order valence-electron chi connectivity index (χ0n) is 13.2. The van der Waals surface area contributed by atoms with Crippen molar-refractivity contribution in [2.45, 2.75) is 43.9 Å². The van der Waals surface area contributed by atoms with Crippen molar-refractivity contribution < 1.29 is 14.9 Å². The van der Waals surface area contributed by atoms with Crippen LogP contribution in [-0.2, 0) is 4.74 Å². The number of ether oxygens (including phenoxy) is 1. The van der Waals surface area contributed by atoms with Crippen molar-refractivity contribution in [1.29, 1.82) is 0 Å². The standard InChI is InChI=1S/C15H19N5O4/c1-3-5-15(17)10(22)9(7(2)21)24-13(15)20-6-4-8-11(20)18-14(16)19-12(8)23/h4,6-7,9-10,13,21-22H,17H2,1-2H3,(H3,16,18,19,23)/t7-,9+,10-,13+,15?/m0/s1. The lowest BCUT2D eigenvalue weighted by molar-refractivity contribution is -0.0755. The molecule has 0 bridgehead atoms. The Balaban J connectivity index is 2.20. The van der Waals surface area contributed by atoms with E-state index in [-0.39, 0.29) is 11.6 Å². The lowest BCUT2D eigenvalue weighted by Gasteiger charge is -2.28. The first kappa shape index (κ1) is 16.5. The third-order valence-electron chi connectivity index (χ3n) is 4.16. The number of hydrogen-bond donors (Lipinski definition) is 5. The van der Waals surface area contributed by atoms with Crippen LogP contribution in [-0.4, -0.2) is 48.6 Å². The Morgan fingerprint density at radius 3 is 2.92 bits per heavy atom. The van der Waals surface area contributed by atoms with Crippen LogP contribution in [0.1, 0.15) is 20.1 Å². The van der Waals surface area contributed by atoms with E-state index in [1.165, 1.54) is 11.5 Å². The molecule has 1 fully saturated rings. The van der Waals surface area contributed by atoms with Gasteiger partial charge in [0.25, 0.3) is 5.56 Å². The van der Waals surface area contributed by atoms with E-state index in [0.717, 1.165) is 0 Å². The first-order chi connectivity index (χ1) is 11.3. The molecule has 0 saturated carbocycles. The van der Waals surface area contributed by atoms with E-state index in [4.69, 9.17) is 16.2 Å². The maximum Gasteiger partial charge on any atom is 0.261 e. The highest BCUT2D eigenvalue weighted by Gasteiger charge is 2.55. The molecule has 128 valence electrons. The summed E-state index contributed by atoms with van der Waals surface area (Å²) < 4.78 is 7.27. The molecular weight excluding hydrogens is 314 g/mol. The quantitative estimate of drug-likeness (QED) is 0.427. The fourth-order valence-corrected chi connectivity index (χ4v) is 3.03. The molecule has 2 aromatic heterocycles. The van der Waals surface area contributed by atoms with Crippen LogP contribution >= 0.6 is 0 Å². The SMILES string of the molecule is CC#CC1(N)[C@@H](O)[C@@H]([C@H](C)O)O[C@H]1n1ccc2c(=O)[nH]c(N)nc21. The van der Waals surface area contributed by atoms with E-state index < -0.39 is 35.6 Å². The number of anilines is 1. The number of nitrogens with two attached hydrogens (primary N) is 2. The van der Waals surface area contributed by atoms with Crippen molar-refractivity contribution in [1.82, 2.24) is 14.5 Å². The van der Waals surface area contributed by atoms with Gasteiger partial charge in [-0.05, 0) is 19.9 Å². The zero-order chi connectivity index (χ0) is 17.6. The minimum atomic E-state index is -1.48. The summed E-state index contributed by atoms with van der Waals surface area (Å²) in [6, 6.07) is 1.55. The molecule has 9 heteroatoms. The summed E-state index contributed by atoms with van der Waals surface area (Å²) in [6.07, 6.45) is -2.52. The Bertz CT molecular complexity index is 893. The summed E-state index contributed by atoms with van der Waals surface area (Å²) in [6.45, 7) is 3.08. The van der Waals surface area contributed by atoms with E-state index in [2.05, 4.69) is 21.8 Å². The number of aliphatic hydroxyl groups excluding tert-OH is 2. The number of aromatic amines is 1. The molecule has 1 saturated heterocycles. The second-order valence-electron chi connectivity index (χ2n) is 5.86. The molecule has 0 amide bonds. The van der Waals surface area contributed by atoms with E-state index in [9.17, 15) is 15.0 Å². The van der Waals surface area contributed by atoms with Crippen molar-refractivity contribution in [2.24, 2.45) is 5.73 Å². The Kier molecular flexibility index (Phi) is 3.85. The molecule has 0 spiro atoms. The number of nitrogens with one attached hydrogen (secondary N) is 1. The van der Waals surface area contributed by atoms with Gasteiger partial charge in [-0.3, -0.25) is 9.78 Å². The van der Waals surface area contributed by atoms with Gasteiger partial charge in [0.15, 0.2) is 17.4 Å². The molecule has 7 N–H and O–H groups in total. The number of nitrogen functional groups attached to an aromatic ring is 1. The molecule has 0 aromatic carbocycles. The minimum Gasteiger partial charge on any atom is -0.391 e. The predicted molar refractivity (Wildman–Crippen MR) is 86.7 cm³/mol. The Hall–Kier alpha value is -2.38. The van der Waals surface area contributed by atoms with Gasteiger partial charge in [-0.1, -0.05) is 5.92 Å². The van der Waals surface area contributed by atoms with Crippen molar-refractivity contribution in [3.8, 4) is 11.8 Å². The molecule has 2 aromatic rings. The molecule has 24 heavy (non-hydrogen) atoms. The van der Waals surface area contributed by atoms with Gasteiger partial charge in [0.2, 0.25) is 5.95 Å². The Morgan fingerprint density at radius 1 is 1.58 bits per heavy atom. The average molecular weight is 333 g/mol. The maximum atomic E-state index is 12.0. The largest absolute Gasteiger partial charge is 0.391 e. The topological polar surface area (TPSA) is 152 Å². The molecule has 3 heterocycles. The maximum absolute atomic E-state index is 12.0. The molecule has 0 aliphatic carbocycles. The normalized spacial score (nSPS) is 31.0. The second kappa shape index (κ2) is 5.61. The van der Waals surface area contributed by atoms with Gasteiger partial charge in [-0.15, -0.1) is 5.92 Å². The number of H-pyrrole nitrogens is 1. The van der Waals surface area contributed by atoms with Gasteiger partial charge in [0.05, 0.1) is 11.5 Å². The highest BCUT2D eigenvalue weighted by atomic mass is 16.5. The van der Waals surface area contributed by atoms with Crippen LogP contribution in [0.2, 0.25) is 0 Å². The van der Waals surface area contributed by atoms with Crippen LogP contribution in [0.3, 0.4) is 0 Å². The van der Waals surface area contributed by atoms with Crippen molar-refractivity contribution in [3.63, 3.8) is 0 Å². The highest BCUT2D eigenvalue weighted by Crippen LogP contribution is 2.39. The van der Waals surface area contributed by atoms with Crippen molar-refractivity contribution >= 4 is 17.0 Å². The smallest absolute Gasteiger partial charge is 0.261 e. The molecular formula is C15H19N5O4. The first-order valence-electron chi connectivity index (χ1n) is 7.40. The number of rotatable bonds is 2. The van der Waals surface area contributed by atoms with Gasteiger partial charge in [0, 0.05) is 6.20 Å². The minimum absolute atomic E-state index is 0.0535. The molecule has 3 rings (SSSR count).